The molecule has 0 N–H and O–H groups in total. The molecule has 0 aliphatic carbocycles. The zero-order valence-electron chi connectivity index (χ0n) is 15.4. The number of rotatable bonds is 4. The molecule has 2 aromatic carbocycles. The standard InChI is InChI=1S/C20H17N5O3/c1-13(26)25-18-9-8-16(10-17(18)11-21-25)19-20(28-14(2)27)24(23-22-19)12-15-6-4-3-5-7-15/h3-11H,12H2,1-2H3. The fraction of sp³-hybridized carbons (Fsp3) is 0.150. The molecule has 8 heteroatoms. The molecule has 0 radical (unpaired) electrons. The lowest BCUT2D eigenvalue weighted by Crippen LogP contribution is -2.10. The number of hydrogen-bond acceptors (Lipinski definition) is 6. The third kappa shape index (κ3) is 3.27. The monoisotopic (exact) mass is 375 g/mol. The Morgan fingerprint density at radius 2 is 1.86 bits per heavy atom. The van der Waals surface area contributed by atoms with E-state index in [1.165, 1.54) is 18.5 Å². The average molecular weight is 375 g/mol. The minimum absolute atomic E-state index is 0.169. The van der Waals surface area contributed by atoms with Crippen LogP contribution in [-0.2, 0) is 11.3 Å². The van der Waals surface area contributed by atoms with Crippen LogP contribution in [-0.4, -0.2) is 36.7 Å². The SMILES string of the molecule is CC(=O)Oc1c(-c2ccc3c(cnn3C(C)=O)c2)nnn1Cc1ccccc1. The third-order valence-corrected chi connectivity index (χ3v) is 4.24. The van der Waals surface area contributed by atoms with Crippen LogP contribution in [0.25, 0.3) is 22.2 Å². The first-order valence-electron chi connectivity index (χ1n) is 8.68. The summed E-state index contributed by atoms with van der Waals surface area (Å²) in [5.41, 5.74) is 2.86. The summed E-state index contributed by atoms with van der Waals surface area (Å²) in [6.07, 6.45) is 1.61. The van der Waals surface area contributed by atoms with Crippen molar-refractivity contribution < 1.29 is 14.3 Å². The fourth-order valence-electron chi connectivity index (χ4n) is 3.01. The highest BCUT2D eigenvalue weighted by molar-refractivity contribution is 5.92. The van der Waals surface area contributed by atoms with Gasteiger partial charge >= 0.3 is 5.97 Å². The lowest BCUT2D eigenvalue weighted by Gasteiger charge is -2.08. The van der Waals surface area contributed by atoms with Gasteiger partial charge in [0, 0.05) is 24.8 Å². The molecule has 0 bridgehead atoms. The fourth-order valence-corrected chi connectivity index (χ4v) is 3.01. The molecule has 0 saturated heterocycles. The second kappa shape index (κ2) is 7.07. The van der Waals surface area contributed by atoms with E-state index in [1.54, 1.807) is 23.0 Å². The van der Waals surface area contributed by atoms with Crippen LogP contribution in [0, 0.1) is 0 Å². The number of carbonyl (C=O) groups excluding carboxylic acids is 2. The van der Waals surface area contributed by atoms with Gasteiger partial charge in [0.1, 0.15) is 0 Å². The molecule has 0 aliphatic heterocycles. The minimum atomic E-state index is -0.455. The van der Waals surface area contributed by atoms with Crippen molar-refractivity contribution in [3.8, 4) is 17.1 Å². The van der Waals surface area contributed by atoms with E-state index in [2.05, 4.69) is 15.4 Å². The lowest BCUT2D eigenvalue weighted by molar-refractivity contribution is -0.132. The Kier molecular flexibility index (Phi) is 4.44. The Morgan fingerprint density at radius 3 is 2.57 bits per heavy atom. The van der Waals surface area contributed by atoms with Crippen molar-refractivity contribution >= 4 is 22.8 Å². The van der Waals surface area contributed by atoms with Crippen molar-refractivity contribution in [1.29, 1.82) is 0 Å². The van der Waals surface area contributed by atoms with E-state index in [4.69, 9.17) is 4.74 Å². The maximum absolute atomic E-state index is 11.6. The van der Waals surface area contributed by atoms with E-state index < -0.39 is 5.97 Å². The molecule has 28 heavy (non-hydrogen) atoms. The summed E-state index contributed by atoms with van der Waals surface area (Å²) in [5.74, 6) is -0.352. The summed E-state index contributed by atoms with van der Waals surface area (Å²) in [6.45, 7) is 3.21. The first kappa shape index (κ1) is 17.6. The van der Waals surface area contributed by atoms with Gasteiger partial charge in [0.15, 0.2) is 5.69 Å². The van der Waals surface area contributed by atoms with Crippen LogP contribution >= 0.6 is 0 Å². The summed E-state index contributed by atoms with van der Waals surface area (Å²) in [4.78, 5) is 23.3. The lowest BCUT2D eigenvalue weighted by atomic mass is 10.1. The molecular formula is C20H17N5O3. The van der Waals surface area contributed by atoms with Gasteiger partial charge in [-0.25, -0.2) is 9.36 Å². The summed E-state index contributed by atoms with van der Waals surface area (Å²) >= 11 is 0. The number of ether oxygens (including phenoxy) is 1. The molecule has 0 atom stereocenters. The van der Waals surface area contributed by atoms with Crippen molar-refractivity contribution in [2.45, 2.75) is 20.4 Å². The molecule has 0 fully saturated rings. The molecule has 8 nitrogen and oxygen atoms in total. The predicted molar refractivity (Wildman–Crippen MR) is 102 cm³/mol. The molecule has 4 rings (SSSR count). The Balaban J connectivity index is 1.77. The summed E-state index contributed by atoms with van der Waals surface area (Å²) in [7, 11) is 0. The first-order valence-corrected chi connectivity index (χ1v) is 8.68. The molecule has 0 saturated carbocycles. The Bertz CT molecular complexity index is 1180. The number of benzene rings is 2. The van der Waals surface area contributed by atoms with Crippen LogP contribution in [0.15, 0.2) is 54.7 Å². The van der Waals surface area contributed by atoms with Crippen LogP contribution in [0.3, 0.4) is 0 Å². The first-order chi connectivity index (χ1) is 13.5. The highest BCUT2D eigenvalue weighted by atomic mass is 16.5. The highest BCUT2D eigenvalue weighted by Gasteiger charge is 2.19. The number of nitrogens with zero attached hydrogens (tertiary/aromatic N) is 5. The number of esters is 1. The van der Waals surface area contributed by atoms with Gasteiger partial charge in [-0.05, 0) is 17.7 Å². The van der Waals surface area contributed by atoms with E-state index in [0.717, 1.165) is 10.9 Å². The third-order valence-electron chi connectivity index (χ3n) is 4.24. The van der Waals surface area contributed by atoms with E-state index in [1.807, 2.05) is 36.4 Å². The van der Waals surface area contributed by atoms with Crippen LogP contribution in [0.1, 0.15) is 24.2 Å². The van der Waals surface area contributed by atoms with Crippen molar-refractivity contribution in [2.75, 3.05) is 0 Å². The summed E-state index contributed by atoms with van der Waals surface area (Å²) < 4.78 is 8.31. The van der Waals surface area contributed by atoms with Crippen molar-refractivity contribution in [2.24, 2.45) is 0 Å². The van der Waals surface area contributed by atoms with Crippen molar-refractivity contribution in [3.63, 3.8) is 0 Å². The number of carbonyl (C=O) groups is 2. The van der Waals surface area contributed by atoms with Gasteiger partial charge in [-0.3, -0.25) is 9.59 Å². The quantitative estimate of drug-likeness (QED) is 0.509. The normalized spacial score (nSPS) is 10.9. The molecule has 140 valence electrons. The highest BCUT2D eigenvalue weighted by Crippen LogP contribution is 2.30. The molecule has 0 unspecified atom stereocenters. The molecule has 2 heterocycles. The summed E-state index contributed by atoms with van der Waals surface area (Å²) in [6, 6.07) is 15.1. The molecule has 0 spiro atoms. The van der Waals surface area contributed by atoms with E-state index in [0.29, 0.717) is 23.3 Å². The van der Waals surface area contributed by atoms with Crippen molar-refractivity contribution in [3.05, 3.63) is 60.3 Å². The van der Waals surface area contributed by atoms with E-state index >= 15 is 0 Å². The van der Waals surface area contributed by atoms with Gasteiger partial charge < -0.3 is 4.74 Å². The Labute approximate surface area is 160 Å². The van der Waals surface area contributed by atoms with Gasteiger partial charge in [-0.15, -0.1) is 5.10 Å². The zero-order chi connectivity index (χ0) is 19.7. The number of fused-ring (bicyclic) bond motifs is 1. The van der Waals surface area contributed by atoms with Crippen LogP contribution in [0.2, 0.25) is 0 Å². The number of aromatic nitrogens is 5. The second-order valence-electron chi connectivity index (χ2n) is 6.33. The predicted octanol–water partition coefficient (Wildman–Crippen LogP) is 2.93. The van der Waals surface area contributed by atoms with Gasteiger partial charge in [0.2, 0.25) is 11.8 Å². The topological polar surface area (TPSA) is 91.9 Å². The van der Waals surface area contributed by atoms with Gasteiger partial charge in [-0.2, -0.15) is 5.10 Å². The average Bonchev–Trinajstić information content (AvgIpc) is 3.26. The molecule has 4 aromatic rings. The van der Waals surface area contributed by atoms with E-state index in [9.17, 15) is 9.59 Å². The van der Waals surface area contributed by atoms with Crippen LogP contribution < -0.4 is 4.74 Å². The van der Waals surface area contributed by atoms with Crippen molar-refractivity contribution in [1.82, 2.24) is 24.8 Å². The smallest absolute Gasteiger partial charge is 0.309 e. The van der Waals surface area contributed by atoms with Crippen LogP contribution in [0.5, 0.6) is 5.88 Å². The molecule has 0 aliphatic rings. The second-order valence-corrected chi connectivity index (χ2v) is 6.33. The largest absolute Gasteiger partial charge is 0.405 e. The van der Waals surface area contributed by atoms with Crippen LogP contribution in [0.4, 0.5) is 0 Å². The van der Waals surface area contributed by atoms with Gasteiger partial charge in [-0.1, -0.05) is 41.6 Å². The minimum Gasteiger partial charge on any atom is -0.405 e. The van der Waals surface area contributed by atoms with Gasteiger partial charge in [0.05, 0.1) is 18.3 Å². The van der Waals surface area contributed by atoms with E-state index in [-0.39, 0.29) is 11.8 Å². The van der Waals surface area contributed by atoms with Gasteiger partial charge in [0.25, 0.3) is 0 Å². The number of hydrogen-bond donors (Lipinski definition) is 0. The Hall–Kier alpha value is -3.81. The zero-order valence-corrected chi connectivity index (χ0v) is 15.4. The summed E-state index contributed by atoms with van der Waals surface area (Å²) in [5, 5.41) is 13.3. The maximum atomic E-state index is 11.6. The molecule has 2 aromatic heterocycles. The maximum Gasteiger partial charge on any atom is 0.309 e. The Morgan fingerprint density at radius 1 is 1.07 bits per heavy atom. The molecule has 0 amide bonds. The molecular weight excluding hydrogens is 358 g/mol.